The van der Waals surface area contributed by atoms with E-state index in [0.29, 0.717) is 11.5 Å². The molecular weight excluding hydrogens is 278 g/mol. The van der Waals surface area contributed by atoms with Crippen LogP contribution in [0.1, 0.15) is 16.6 Å². The van der Waals surface area contributed by atoms with Crippen LogP contribution >= 0.6 is 22.7 Å². The molecule has 0 N–H and O–H groups in total. The summed E-state index contributed by atoms with van der Waals surface area (Å²) in [5.41, 5.74) is 4.59. The molecule has 2 aromatic heterocycles. The first-order chi connectivity index (χ1) is 9.31. The number of hydrogen-bond acceptors (Lipinski definition) is 5. The molecule has 3 nitrogen and oxygen atoms in total. The fraction of sp³-hybridized carbons (Fsp3) is 0.143. The van der Waals surface area contributed by atoms with Gasteiger partial charge in [-0.2, -0.15) is 0 Å². The van der Waals surface area contributed by atoms with Gasteiger partial charge in [0.05, 0.1) is 12.1 Å². The number of esters is 1. The molecule has 19 heavy (non-hydrogen) atoms. The number of carbonyl (C=O) groups is 1. The molecule has 3 rings (SSSR count). The van der Waals surface area contributed by atoms with Crippen molar-refractivity contribution in [2.24, 2.45) is 0 Å². The standard InChI is InChI=1S/C14H11NO2S2/c1-2-17-13(16)12-10(9-6-4-3-5-7-9)11-14(19-12)18-8-15-11/h3-8H,2H2,1H3. The van der Waals surface area contributed by atoms with Crippen molar-refractivity contribution in [2.45, 2.75) is 6.92 Å². The summed E-state index contributed by atoms with van der Waals surface area (Å²) in [6.07, 6.45) is 0. The third-order valence-corrected chi connectivity index (χ3v) is 4.83. The Morgan fingerprint density at radius 3 is 2.84 bits per heavy atom. The molecule has 0 aliphatic carbocycles. The van der Waals surface area contributed by atoms with Crippen LogP contribution in [0, 0.1) is 0 Å². The maximum absolute atomic E-state index is 12.1. The minimum Gasteiger partial charge on any atom is -0.462 e. The van der Waals surface area contributed by atoms with Gasteiger partial charge in [-0.15, -0.1) is 22.7 Å². The number of carbonyl (C=O) groups excluding carboxylic acids is 1. The van der Waals surface area contributed by atoms with Gasteiger partial charge in [-0.1, -0.05) is 30.3 Å². The fourth-order valence-electron chi connectivity index (χ4n) is 1.94. The van der Waals surface area contributed by atoms with Gasteiger partial charge in [0.15, 0.2) is 0 Å². The number of thiophene rings is 1. The highest BCUT2D eigenvalue weighted by Crippen LogP contribution is 2.40. The summed E-state index contributed by atoms with van der Waals surface area (Å²) >= 11 is 3.01. The molecule has 3 aromatic rings. The smallest absolute Gasteiger partial charge is 0.349 e. The highest BCUT2D eigenvalue weighted by molar-refractivity contribution is 7.38. The Hall–Kier alpha value is -1.72. The minimum atomic E-state index is -0.267. The summed E-state index contributed by atoms with van der Waals surface area (Å²) in [5.74, 6) is -0.267. The second kappa shape index (κ2) is 5.11. The van der Waals surface area contributed by atoms with Gasteiger partial charge in [0.2, 0.25) is 0 Å². The van der Waals surface area contributed by atoms with E-state index >= 15 is 0 Å². The third kappa shape index (κ3) is 2.15. The summed E-state index contributed by atoms with van der Waals surface area (Å²) in [6.45, 7) is 2.19. The average molecular weight is 289 g/mol. The second-order valence-electron chi connectivity index (χ2n) is 3.88. The maximum Gasteiger partial charge on any atom is 0.349 e. The highest BCUT2D eigenvalue weighted by Gasteiger charge is 2.22. The molecule has 0 atom stereocenters. The first-order valence-corrected chi connectivity index (χ1v) is 7.59. The average Bonchev–Trinajstić information content (AvgIpc) is 2.99. The lowest BCUT2D eigenvalue weighted by Gasteiger charge is -2.03. The van der Waals surface area contributed by atoms with Gasteiger partial charge in [0, 0.05) is 5.56 Å². The maximum atomic E-state index is 12.1. The molecule has 0 aliphatic heterocycles. The van der Waals surface area contributed by atoms with Crippen LogP contribution in [0.15, 0.2) is 35.8 Å². The van der Waals surface area contributed by atoms with Crippen molar-refractivity contribution in [1.82, 2.24) is 4.98 Å². The summed E-state index contributed by atoms with van der Waals surface area (Å²) in [5, 5.41) is 0. The van der Waals surface area contributed by atoms with E-state index in [-0.39, 0.29) is 5.97 Å². The number of nitrogens with zero attached hydrogens (tertiary/aromatic N) is 1. The van der Waals surface area contributed by atoms with Crippen molar-refractivity contribution >= 4 is 38.2 Å². The van der Waals surface area contributed by atoms with Crippen LogP contribution in [0.25, 0.3) is 20.7 Å². The third-order valence-electron chi connectivity index (χ3n) is 2.72. The molecule has 1 aromatic carbocycles. The Morgan fingerprint density at radius 2 is 2.11 bits per heavy atom. The van der Waals surface area contributed by atoms with E-state index in [1.165, 1.54) is 11.3 Å². The number of ether oxygens (including phenoxy) is 1. The SMILES string of the molecule is CCOC(=O)c1sc2scnc2c1-c1ccccc1. The van der Waals surface area contributed by atoms with Crippen molar-refractivity contribution < 1.29 is 9.53 Å². The Bertz CT molecular complexity index is 715. The molecule has 5 heteroatoms. The highest BCUT2D eigenvalue weighted by atomic mass is 32.2. The quantitative estimate of drug-likeness (QED) is 0.678. The number of fused-ring (bicyclic) bond motifs is 1. The molecule has 0 saturated heterocycles. The van der Waals surface area contributed by atoms with Gasteiger partial charge in [-0.3, -0.25) is 0 Å². The Kier molecular flexibility index (Phi) is 3.31. The molecule has 2 heterocycles. The second-order valence-corrected chi connectivity index (χ2v) is 6.01. The Labute approximate surface area is 118 Å². The van der Waals surface area contributed by atoms with E-state index in [2.05, 4.69) is 4.98 Å². The largest absolute Gasteiger partial charge is 0.462 e. The number of rotatable bonds is 3. The van der Waals surface area contributed by atoms with Gasteiger partial charge in [-0.25, -0.2) is 9.78 Å². The van der Waals surface area contributed by atoms with Gasteiger partial charge in [0.1, 0.15) is 14.4 Å². The fourth-order valence-corrected chi connectivity index (χ4v) is 3.93. The predicted octanol–water partition coefficient (Wildman–Crippen LogP) is 4.20. The lowest BCUT2D eigenvalue weighted by atomic mass is 10.1. The van der Waals surface area contributed by atoms with E-state index in [0.717, 1.165) is 20.7 Å². The number of aromatic nitrogens is 1. The van der Waals surface area contributed by atoms with Crippen molar-refractivity contribution in [3.63, 3.8) is 0 Å². The molecular formula is C14H11NO2S2. The van der Waals surface area contributed by atoms with Crippen LogP contribution in [-0.4, -0.2) is 17.6 Å². The van der Waals surface area contributed by atoms with Crippen molar-refractivity contribution in [3.05, 3.63) is 40.7 Å². The zero-order valence-corrected chi connectivity index (χ0v) is 11.9. The van der Waals surface area contributed by atoms with Crippen LogP contribution in [0.5, 0.6) is 0 Å². The minimum absolute atomic E-state index is 0.267. The lowest BCUT2D eigenvalue weighted by molar-refractivity contribution is 0.0533. The molecule has 0 amide bonds. The van der Waals surface area contributed by atoms with Crippen molar-refractivity contribution in [1.29, 1.82) is 0 Å². The van der Waals surface area contributed by atoms with Gasteiger partial charge in [-0.05, 0) is 12.5 Å². The summed E-state index contributed by atoms with van der Waals surface area (Å²) < 4.78 is 6.19. The van der Waals surface area contributed by atoms with E-state index < -0.39 is 0 Å². The van der Waals surface area contributed by atoms with Gasteiger partial charge >= 0.3 is 5.97 Å². The zero-order chi connectivity index (χ0) is 13.2. The van der Waals surface area contributed by atoms with Crippen LogP contribution in [0.2, 0.25) is 0 Å². The van der Waals surface area contributed by atoms with E-state index in [4.69, 9.17) is 4.74 Å². The Balaban J connectivity index is 2.22. The summed E-state index contributed by atoms with van der Waals surface area (Å²) in [6, 6.07) is 9.85. The van der Waals surface area contributed by atoms with Crippen molar-refractivity contribution in [2.75, 3.05) is 6.61 Å². The number of hydrogen-bond donors (Lipinski definition) is 0. The van der Waals surface area contributed by atoms with E-state index in [1.54, 1.807) is 11.3 Å². The molecule has 0 saturated carbocycles. The zero-order valence-electron chi connectivity index (χ0n) is 10.3. The molecule has 0 aliphatic rings. The summed E-state index contributed by atoms with van der Waals surface area (Å²) in [7, 11) is 0. The molecule has 0 fully saturated rings. The normalized spacial score (nSPS) is 10.8. The van der Waals surface area contributed by atoms with Gasteiger partial charge in [0.25, 0.3) is 0 Å². The Morgan fingerprint density at radius 1 is 1.32 bits per heavy atom. The van der Waals surface area contributed by atoms with E-state index in [1.807, 2.05) is 42.8 Å². The monoisotopic (exact) mass is 289 g/mol. The van der Waals surface area contributed by atoms with Crippen LogP contribution < -0.4 is 0 Å². The first-order valence-electron chi connectivity index (χ1n) is 5.89. The number of benzene rings is 1. The molecule has 0 bridgehead atoms. The van der Waals surface area contributed by atoms with E-state index in [9.17, 15) is 4.79 Å². The number of thiazole rings is 1. The van der Waals surface area contributed by atoms with Crippen LogP contribution in [0.3, 0.4) is 0 Å². The van der Waals surface area contributed by atoms with Crippen LogP contribution in [-0.2, 0) is 4.74 Å². The first kappa shape index (κ1) is 12.3. The molecule has 0 unspecified atom stereocenters. The topological polar surface area (TPSA) is 39.2 Å². The lowest BCUT2D eigenvalue weighted by Crippen LogP contribution is -2.03. The molecule has 0 spiro atoms. The van der Waals surface area contributed by atoms with Gasteiger partial charge < -0.3 is 4.74 Å². The molecule has 96 valence electrons. The predicted molar refractivity (Wildman–Crippen MR) is 78.9 cm³/mol. The van der Waals surface area contributed by atoms with Crippen LogP contribution in [0.4, 0.5) is 0 Å². The summed E-state index contributed by atoms with van der Waals surface area (Å²) in [4.78, 5) is 17.1. The molecule has 0 radical (unpaired) electrons. The van der Waals surface area contributed by atoms with Crippen molar-refractivity contribution in [3.8, 4) is 11.1 Å².